The van der Waals surface area contributed by atoms with Crippen LogP contribution in [0.1, 0.15) is 15.9 Å². The van der Waals surface area contributed by atoms with Crippen molar-refractivity contribution in [1.29, 1.82) is 0 Å². The number of thiophene rings is 1. The van der Waals surface area contributed by atoms with Gasteiger partial charge >= 0.3 is 0 Å². The number of phenols is 1. The summed E-state index contributed by atoms with van der Waals surface area (Å²) in [7, 11) is 0. The Labute approximate surface area is 85.4 Å². The molecular weight excluding hydrogens is 196 g/mol. The molecule has 0 amide bonds. The fraction of sp³-hybridized carbons (Fsp3) is 0. The van der Waals surface area contributed by atoms with Crippen molar-refractivity contribution in [3.63, 3.8) is 0 Å². The number of para-hydroxylation sites is 1. The Morgan fingerprint density at radius 2 is 2.00 bits per heavy atom. The molecule has 0 atom stereocenters. The number of aromatic hydroxyl groups is 1. The van der Waals surface area contributed by atoms with Gasteiger partial charge in [0.05, 0.1) is 5.56 Å². The van der Waals surface area contributed by atoms with Crippen LogP contribution >= 0.6 is 11.3 Å². The normalized spacial score (nSPS) is 10.0. The third-order valence-corrected chi connectivity index (χ3v) is 2.62. The predicted octanol–water partition coefficient (Wildman–Crippen LogP) is 2.68. The average Bonchev–Trinajstić information content (AvgIpc) is 2.70. The largest absolute Gasteiger partial charge is 0.507 e. The maximum Gasteiger partial charge on any atom is 0.197 e. The van der Waals surface area contributed by atoms with Gasteiger partial charge in [0.25, 0.3) is 0 Å². The zero-order chi connectivity index (χ0) is 9.97. The van der Waals surface area contributed by atoms with Gasteiger partial charge in [0.2, 0.25) is 0 Å². The lowest BCUT2D eigenvalue weighted by Gasteiger charge is -2.00. The molecule has 0 radical (unpaired) electrons. The molecule has 0 fully saturated rings. The van der Waals surface area contributed by atoms with Crippen molar-refractivity contribution < 1.29 is 9.90 Å². The summed E-state index contributed by atoms with van der Waals surface area (Å²) in [6, 6.07) is 8.31. The van der Waals surface area contributed by atoms with Crippen LogP contribution in [0.2, 0.25) is 0 Å². The molecule has 14 heavy (non-hydrogen) atoms. The predicted molar refractivity (Wildman–Crippen MR) is 55.9 cm³/mol. The van der Waals surface area contributed by atoms with Crippen molar-refractivity contribution in [3.05, 3.63) is 52.2 Å². The van der Waals surface area contributed by atoms with Crippen LogP contribution in [0, 0.1) is 0 Å². The van der Waals surface area contributed by atoms with Gasteiger partial charge in [-0.2, -0.15) is 11.3 Å². The van der Waals surface area contributed by atoms with Gasteiger partial charge in [0, 0.05) is 10.9 Å². The molecule has 1 heterocycles. The highest BCUT2D eigenvalue weighted by atomic mass is 32.1. The average molecular weight is 204 g/mol. The molecule has 70 valence electrons. The second-order valence-corrected chi connectivity index (χ2v) is 3.64. The molecule has 0 aliphatic carbocycles. The third-order valence-electron chi connectivity index (χ3n) is 1.93. The number of rotatable bonds is 2. The van der Waals surface area contributed by atoms with Crippen LogP contribution in [0.3, 0.4) is 0 Å². The monoisotopic (exact) mass is 204 g/mol. The highest BCUT2D eigenvalue weighted by Gasteiger charge is 2.12. The highest BCUT2D eigenvalue weighted by molar-refractivity contribution is 7.08. The third kappa shape index (κ3) is 1.54. The Bertz CT molecular complexity index is 446. The summed E-state index contributed by atoms with van der Waals surface area (Å²) < 4.78 is 0. The lowest BCUT2D eigenvalue weighted by atomic mass is 10.1. The summed E-state index contributed by atoms with van der Waals surface area (Å²) in [6.45, 7) is 0. The van der Waals surface area contributed by atoms with E-state index < -0.39 is 0 Å². The van der Waals surface area contributed by atoms with E-state index in [9.17, 15) is 9.90 Å². The molecule has 0 aliphatic rings. The van der Waals surface area contributed by atoms with E-state index in [-0.39, 0.29) is 11.5 Å². The molecule has 1 aromatic carbocycles. The minimum atomic E-state index is -0.135. The molecule has 1 N–H and O–H groups in total. The van der Waals surface area contributed by atoms with Crippen LogP contribution in [0.15, 0.2) is 41.1 Å². The number of benzene rings is 1. The van der Waals surface area contributed by atoms with E-state index in [0.717, 1.165) is 0 Å². The summed E-state index contributed by atoms with van der Waals surface area (Å²) in [5, 5.41) is 13.1. The quantitative estimate of drug-likeness (QED) is 0.763. The highest BCUT2D eigenvalue weighted by Crippen LogP contribution is 2.20. The van der Waals surface area contributed by atoms with Crippen LogP contribution in [-0.2, 0) is 0 Å². The summed E-state index contributed by atoms with van der Waals surface area (Å²) in [4.78, 5) is 11.8. The van der Waals surface area contributed by atoms with Crippen molar-refractivity contribution in [2.75, 3.05) is 0 Å². The second kappa shape index (κ2) is 3.64. The van der Waals surface area contributed by atoms with E-state index in [1.807, 2.05) is 5.38 Å². The Kier molecular flexibility index (Phi) is 2.33. The van der Waals surface area contributed by atoms with Crippen molar-refractivity contribution >= 4 is 17.1 Å². The Balaban J connectivity index is 2.42. The Morgan fingerprint density at radius 1 is 1.21 bits per heavy atom. The van der Waals surface area contributed by atoms with E-state index >= 15 is 0 Å². The summed E-state index contributed by atoms with van der Waals surface area (Å²) >= 11 is 1.47. The van der Waals surface area contributed by atoms with E-state index in [0.29, 0.717) is 11.1 Å². The second-order valence-electron chi connectivity index (χ2n) is 2.86. The molecule has 0 spiro atoms. The first kappa shape index (κ1) is 8.97. The zero-order valence-corrected chi connectivity index (χ0v) is 8.12. The van der Waals surface area contributed by atoms with E-state index in [1.54, 1.807) is 29.6 Å². The molecule has 0 saturated heterocycles. The van der Waals surface area contributed by atoms with Crippen molar-refractivity contribution in [3.8, 4) is 5.75 Å². The van der Waals surface area contributed by atoms with Gasteiger partial charge in [0.1, 0.15) is 5.75 Å². The standard InChI is InChI=1S/C11H8O2S/c12-10-4-2-1-3-9(10)11(13)8-5-6-14-7-8/h1-7,12H. The molecule has 0 aliphatic heterocycles. The van der Waals surface area contributed by atoms with Crippen LogP contribution < -0.4 is 0 Å². The minimum absolute atomic E-state index is 0.0312. The number of carbonyl (C=O) groups is 1. The van der Waals surface area contributed by atoms with Gasteiger partial charge in [-0.05, 0) is 23.6 Å². The summed E-state index contributed by atoms with van der Waals surface area (Å²) in [6.07, 6.45) is 0. The lowest BCUT2D eigenvalue weighted by molar-refractivity contribution is 0.103. The first-order chi connectivity index (χ1) is 6.79. The molecule has 0 unspecified atom stereocenters. The number of ketones is 1. The lowest BCUT2D eigenvalue weighted by Crippen LogP contribution is -1.99. The van der Waals surface area contributed by atoms with Gasteiger partial charge in [0.15, 0.2) is 5.78 Å². The van der Waals surface area contributed by atoms with Gasteiger partial charge in [-0.3, -0.25) is 4.79 Å². The van der Waals surface area contributed by atoms with Crippen LogP contribution in [0.4, 0.5) is 0 Å². The van der Waals surface area contributed by atoms with Crippen molar-refractivity contribution in [2.45, 2.75) is 0 Å². The van der Waals surface area contributed by atoms with Crippen molar-refractivity contribution in [1.82, 2.24) is 0 Å². The Morgan fingerprint density at radius 3 is 2.64 bits per heavy atom. The smallest absolute Gasteiger partial charge is 0.197 e. The summed E-state index contributed by atoms with van der Waals surface area (Å²) in [5.74, 6) is -0.104. The fourth-order valence-electron chi connectivity index (χ4n) is 1.21. The summed E-state index contributed by atoms with van der Waals surface area (Å²) in [5.41, 5.74) is 0.974. The maximum atomic E-state index is 11.8. The first-order valence-electron chi connectivity index (χ1n) is 4.14. The van der Waals surface area contributed by atoms with Crippen LogP contribution in [-0.4, -0.2) is 10.9 Å². The van der Waals surface area contributed by atoms with E-state index in [4.69, 9.17) is 0 Å². The minimum Gasteiger partial charge on any atom is -0.507 e. The maximum absolute atomic E-state index is 11.8. The molecule has 0 saturated carbocycles. The number of hydrogen-bond donors (Lipinski definition) is 1. The molecule has 2 rings (SSSR count). The van der Waals surface area contributed by atoms with Gasteiger partial charge < -0.3 is 5.11 Å². The van der Waals surface area contributed by atoms with Crippen molar-refractivity contribution in [2.24, 2.45) is 0 Å². The molecule has 1 aromatic heterocycles. The zero-order valence-electron chi connectivity index (χ0n) is 7.31. The first-order valence-corrected chi connectivity index (χ1v) is 5.08. The molecule has 2 aromatic rings. The van der Waals surface area contributed by atoms with Gasteiger partial charge in [-0.25, -0.2) is 0 Å². The molecule has 0 bridgehead atoms. The fourth-order valence-corrected chi connectivity index (χ4v) is 1.85. The number of hydrogen-bond acceptors (Lipinski definition) is 3. The van der Waals surface area contributed by atoms with Crippen LogP contribution in [0.5, 0.6) is 5.75 Å². The van der Waals surface area contributed by atoms with Gasteiger partial charge in [-0.15, -0.1) is 0 Å². The van der Waals surface area contributed by atoms with E-state index in [1.165, 1.54) is 17.4 Å². The molecule has 2 nitrogen and oxygen atoms in total. The molecular formula is C11H8O2S. The number of carbonyl (C=O) groups excluding carboxylic acids is 1. The van der Waals surface area contributed by atoms with Gasteiger partial charge in [-0.1, -0.05) is 12.1 Å². The SMILES string of the molecule is O=C(c1ccsc1)c1ccccc1O. The Hall–Kier alpha value is -1.61. The van der Waals surface area contributed by atoms with E-state index in [2.05, 4.69) is 0 Å². The number of phenolic OH excluding ortho intramolecular Hbond substituents is 1. The van der Waals surface area contributed by atoms with Crippen LogP contribution in [0.25, 0.3) is 0 Å². The molecule has 3 heteroatoms. The topological polar surface area (TPSA) is 37.3 Å².